The van der Waals surface area contributed by atoms with Crippen LogP contribution in [-0.4, -0.2) is 40.8 Å². The molecule has 0 spiro atoms. The predicted molar refractivity (Wildman–Crippen MR) is 119 cm³/mol. The van der Waals surface area contributed by atoms with Crippen molar-refractivity contribution in [1.29, 1.82) is 0 Å². The van der Waals surface area contributed by atoms with E-state index in [0.29, 0.717) is 25.3 Å². The minimum absolute atomic E-state index is 0.105. The number of anilines is 1. The third kappa shape index (κ3) is 3.84. The third-order valence-corrected chi connectivity index (χ3v) is 5.78. The summed E-state index contributed by atoms with van der Waals surface area (Å²) >= 11 is 0. The quantitative estimate of drug-likeness (QED) is 0.549. The Morgan fingerprint density at radius 3 is 2.77 bits per heavy atom. The van der Waals surface area contributed by atoms with Crippen molar-refractivity contribution in [3.05, 3.63) is 82.3 Å². The normalized spacial score (nSPS) is 14.3. The predicted octanol–water partition coefficient (Wildman–Crippen LogP) is 3.72. The van der Waals surface area contributed by atoms with E-state index in [0.717, 1.165) is 46.5 Å². The van der Waals surface area contributed by atoms with Gasteiger partial charge in [-0.15, -0.1) is 0 Å². The molecule has 0 bridgehead atoms. The monoisotopic (exact) mass is 418 g/mol. The molecule has 6 nitrogen and oxygen atoms in total. The van der Waals surface area contributed by atoms with Crippen LogP contribution in [0.1, 0.15) is 11.1 Å². The number of ether oxygens (including phenoxy) is 1. The second-order valence-electron chi connectivity index (χ2n) is 7.86. The number of pyridine rings is 2. The number of rotatable bonds is 4. The Morgan fingerprint density at radius 1 is 1.16 bits per heavy atom. The van der Waals surface area contributed by atoms with Crippen molar-refractivity contribution >= 4 is 16.7 Å². The van der Waals surface area contributed by atoms with Crippen molar-refractivity contribution in [2.75, 3.05) is 31.2 Å². The molecule has 3 aromatic heterocycles. The number of aryl methyl sites for hydroxylation is 1. The number of H-pyrrole nitrogens is 1. The summed E-state index contributed by atoms with van der Waals surface area (Å²) in [5, 5.41) is 0.982. The molecule has 0 atom stereocenters. The molecule has 0 amide bonds. The Hall–Kier alpha value is -3.45. The molecule has 1 aliphatic heterocycles. The fourth-order valence-corrected chi connectivity index (χ4v) is 4.03. The lowest BCUT2D eigenvalue weighted by atomic mass is 10.1. The van der Waals surface area contributed by atoms with E-state index in [1.807, 2.05) is 18.5 Å². The number of halogens is 1. The summed E-state index contributed by atoms with van der Waals surface area (Å²) in [6.07, 6.45) is 5.55. The number of morpholine rings is 1. The lowest BCUT2D eigenvalue weighted by molar-refractivity contribution is 0.122. The molecule has 1 aromatic carbocycles. The van der Waals surface area contributed by atoms with Crippen LogP contribution in [0.3, 0.4) is 0 Å². The van der Waals surface area contributed by atoms with Gasteiger partial charge in [0.05, 0.1) is 31.6 Å². The Labute approximate surface area is 178 Å². The number of aromatic nitrogens is 3. The first-order chi connectivity index (χ1) is 15.1. The standard InChI is InChI=1S/C24H23FN4O2/c1-16-10-17(2-3-22(16)25)15-29-5-4-18(11-23(29)30)21-14-27-24-20(21)12-19(13-26-24)28-6-8-31-9-7-28/h2-5,10-14H,6-9,15H2,1H3,(H,26,27). The largest absolute Gasteiger partial charge is 0.378 e. The summed E-state index contributed by atoms with van der Waals surface area (Å²) in [6.45, 7) is 5.23. The summed E-state index contributed by atoms with van der Waals surface area (Å²) < 4.78 is 20.6. The zero-order valence-electron chi connectivity index (χ0n) is 17.3. The molecule has 4 aromatic rings. The van der Waals surface area contributed by atoms with Gasteiger partial charge in [0.25, 0.3) is 5.56 Å². The molecular weight excluding hydrogens is 395 g/mol. The Morgan fingerprint density at radius 2 is 2.00 bits per heavy atom. The lowest BCUT2D eigenvalue weighted by Gasteiger charge is -2.28. The second-order valence-corrected chi connectivity index (χ2v) is 7.86. The topological polar surface area (TPSA) is 63.1 Å². The highest BCUT2D eigenvalue weighted by Gasteiger charge is 2.15. The Kier molecular flexibility index (Phi) is 5.03. The number of fused-ring (bicyclic) bond motifs is 1. The van der Waals surface area contributed by atoms with Gasteiger partial charge in [0.15, 0.2) is 0 Å². The van der Waals surface area contributed by atoms with Crippen LogP contribution in [0.4, 0.5) is 10.1 Å². The fourth-order valence-electron chi connectivity index (χ4n) is 4.03. The maximum absolute atomic E-state index is 13.5. The van der Waals surface area contributed by atoms with Crippen LogP contribution in [0.2, 0.25) is 0 Å². The minimum atomic E-state index is -0.240. The minimum Gasteiger partial charge on any atom is -0.378 e. The van der Waals surface area contributed by atoms with Crippen molar-refractivity contribution in [3.8, 4) is 11.1 Å². The average molecular weight is 418 g/mol. The van der Waals surface area contributed by atoms with Gasteiger partial charge in [-0.2, -0.15) is 0 Å². The van der Waals surface area contributed by atoms with Crippen molar-refractivity contribution in [3.63, 3.8) is 0 Å². The van der Waals surface area contributed by atoms with Gasteiger partial charge in [-0.25, -0.2) is 9.37 Å². The van der Waals surface area contributed by atoms with Gasteiger partial charge in [0, 0.05) is 42.5 Å². The van der Waals surface area contributed by atoms with Crippen LogP contribution in [0.5, 0.6) is 0 Å². The van der Waals surface area contributed by atoms with E-state index >= 15 is 0 Å². The maximum Gasteiger partial charge on any atom is 0.251 e. The van der Waals surface area contributed by atoms with Gasteiger partial charge in [0.1, 0.15) is 11.5 Å². The first kappa shape index (κ1) is 19.5. The first-order valence-corrected chi connectivity index (χ1v) is 10.3. The average Bonchev–Trinajstić information content (AvgIpc) is 3.21. The zero-order chi connectivity index (χ0) is 21.4. The molecule has 1 N–H and O–H groups in total. The van der Waals surface area contributed by atoms with Crippen LogP contribution in [0, 0.1) is 12.7 Å². The molecule has 0 radical (unpaired) electrons. The van der Waals surface area contributed by atoms with E-state index < -0.39 is 0 Å². The van der Waals surface area contributed by atoms with E-state index in [4.69, 9.17) is 4.74 Å². The summed E-state index contributed by atoms with van der Waals surface area (Å²) in [5.74, 6) is -0.240. The van der Waals surface area contributed by atoms with Gasteiger partial charge in [-0.05, 0) is 41.8 Å². The maximum atomic E-state index is 13.5. The molecule has 0 unspecified atom stereocenters. The second kappa shape index (κ2) is 8.00. The van der Waals surface area contributed by atoms with Crippen molar-refractivity contribution in [2.24, 2.45) is 0 Å². The van der Waals surface area contributed by atoms with Crippen molar-refractivity contribution in [1.82, 2.24) is 14.5 Å². The van der Waals surface area contributed by atoms with E-state index in [1.165, 1.54) is 6.07 Å². The molecule has 0 aliphatic carbocycles. The molecule has 0 saturated carbocycles. The molecule has 4 heterocycles. The van der Waals surface area contributed by atoms with Gasteiger partial charge in [0.2, 0.25) is 0 Å². The summed E-state index contributed by atoms with van der Waals surface area (Å²) in [4.78, 5) is 22.8. The third-order valence-electron chi connectivity index (χ3n) is 5.78. The van der Waals surface area contributed by atoms with Crippen LogP contribution in [-0.2, 0) is 11.3 Å². The van der Waals surface area contributed by atoms with E-state index in [2.05, 4.69) is 20.9 Å². The molecular formula is C24H23FN4O2. The number of hydrogen-bond acceptors (Lipinski definition) is 4. The zero-order valence-corrected chi connectivity index (χ0v) is 17.3. The van der Waals surface area contributed by atoms with Gasteiger partial charge in [-0.3, -0.25) is 4.79 Å². The Bertz CT molecular complexity index is 1300. The van der Waals surface area contributed by atoms with Crippen LogP contribution in [0.15, 0.2) is 59.8 Å². The molecule has 31 heavy (non-hydrogen) atoms. The molecule has 1 aliphatic rings. The lowest BCUT2D eigenvalue weighted by Crippen LogP contribution is -2.36. The van der Waals surface area contributed by atoms with Crippen LogP contribution < -0.4 is 10.5 Å². The van der Waals surface area contributed by atoms with Crippen molar-refractivity contribution < 1.29 is 9.13 Å². The SMILES string of the molecule is Cc1cc(Cn2ccc(-c3c[nH]c4ncc(N5CCOCC5)cc34)cc2=O)ccc1F. The number of nitrogens with zero attached hydrogens (tertiary/aromatic N) is 3. The number of nitrogens with one attached hydrogen (secondary N) is 1. The summed E-state index contributed by atoms with van der Waals surface area (Å²) in [6, 6.07) is 10.6. The van der Waals surface area contributed by atoms with Crippen LogP contribution >= 0.6 is 0 Å². The summed E-state index contributed by atoms with van der Waals surface area (Å²) in [7, 11) is 0. The fraction of sp³-hybridized carbons (Fsp3) is 0.250. The molecule has 158 valence electrons. The van der Waals surface area contributed by atoms with E-state index in [9.17, 15) is 9.18 Å². The van der Waals surface area contributed by atoms with Gasteiger partial charge in [-0.1, -0.05) is 12.1 Å². The smallest absolute Gasteiger partial charge is 0.251 e. The van der Waals surface area contributed by atoms with Gasteiger partial charge < -0.3 is 19.2 Å². The molecule has 5 rings (SSSR count). The highest BCUT2D eigenvalue weighted by Crippen LogP contribution is 2.30. The number of hydrogen-bond donors (Lipinski definition) is 1. The van der Waals surface area contributed by atoms with Crippen LogP contribution in [0.25, 0.3) is 22.2 Å². The number of aromatic amines is 1. The molecule has 1 fully saturated rings. The molecule has 1 saturated heterocycles. The van der Waals surface area contributed by atoms with Crippen molar-refractivity contribution in [2.45, 2.75) is 13.5 Å². The molecule has 7 heteroatoms. The van der Waals surface area contributed by atoms with E-state index in [-0.39, 0.29) is 11.4 Å². The first-order valence-electron chi connectivity index (χ1n) is 10.3. The summed E-state index contributed by atoms with van der Waals surface area (Å²) in [5.41, 5.74) is 4.98. The highest BCUT2D eigenvalue weighted by atomic mass is 19.1. The Balaban J connectivity index is 1.46. The van der Waals surface area contributed by atoms with Gasteiger partial charge >= 0.3 is 0 Å². The number of benzene rings is 1. The van der Waals surface area contributed by atoms with E-state index in [1.54, 1.807) is 35.9 Å². The highest BCUT2D eigenvalue weighted by molar-refractivity contribution is 5.95.